The predicted molar refractivity (Wildman–Crippen MR) is 49.4 cm³/mol. The van der Waals surface area contributed by atoms with Gasteiger partial charge in [0.05, 0.1) is 31.0 Å². The summed E-state index contributed by atoms with van der Waals surface area (Å²) in [5.74, 6) is 0.613. The van der Waals surface area contributed by atoms with Crippen LogP contribution in [-0.4, -0.2) is 12.1 Å². The number of methoxy groups -OCH3 is 1. The molecule has 0 fully saturated rings. The summed E-state index contributed by atoms with van der Waals surface area (Å²) in [7, 11) is 1.60. The first-order chi connectivity index (χ1) is 6.31. The standard InChI is InChI=1S/C10H12N2O/c1-3-8(6-11)10-5-4-9(13-2)7-12-10/h4-5,7-8H,3H2,1-2H3. The van der Waals surface area contributed by atoms with E-state index >= 15 is 0 Å². The van der Waals surface area contributed by atoms with E-state index in [2.05, 4.69) is 11.1 Å². The van der Waals surface area contributed by atoms with Crippen molar-refractivity contribution in [1.29, 1.82) is 5.26 Å². The predicted octanol–water partition coefficient (Wildman–Crippen LogP) is 2.11. The first-order valence-electron chi connectivity index (χ1n) is 4.21. The summed E-state index contributed by atoms with van der Waals surface area (Å²) in [6.07, 6.45) is 2.42. The lowest BCUT2D eigenvalue weighted by Gasteiger charge is -2.05. The third kappa shape index (κ3) is 2.19. The van der Waals surface area contributed by atoms with Gasteiger partial charge >= 0.3 is 0 Å². The minimum atomic E-state index is -0.106. The van der Waals surface area contributed by atoms with Crippen LogP contribution in [0, 0.1) is 11.3 Å². The summed E-state index contributed by atoms with van der Waals surface area (Å²) in [6.45, 7) is 1.97. The topological polar surface area (TPSA) is 45.9 Å². The van der Waals surface area contributed by atoms with E-state index in [4.69, 9.17) is 10.00 Å². The van der Waals surface area contributed by atoms with E-state index in [1.165, 1.54) is 0 Å². The van der Waals surface area contributed by atoms with Gasteiger partial charge in [0.25, 0.3) is 0 Å². The molecule has 13 heavy (non-hydrogen) atoms. The molecule has 0 saturated heterocycles. The summed E-state index contributed by atoms with van der Waals surface area (Å²) < 4.78 is 4.97. The maximum Gasteiger partial charge on any atom is 0.137 e. The molecule has 0 aliphatic heterocycles. The fourth-order valence-corrected chi connectivity index (χ4v) is 1.09. The van der Waals surface area contributed by atoms with Crippen molar-refractivity contribution in [1.82, 2.24) is 4.98 Å². The highest BCUT2D eigenvalue weighted by atomic mass is 16.5. The van der Waals surface area contributed by atoms with Crippen LogP contribution in [0.4, 0.5) is 0 Å². The molecule has 0 aliphatic carbocycles. The lowest BCUT2D eigenvalue weighted by molar-refractivity contribution is 0.412. The number of nitriles is 1. The van der Waals surface area contributed by atoms with Crippen molar-refractivity contribution in [3.05, 3.63) is 24.0 Å². The van der Waals surface area contributed by atoms with Crippen LogP contribution in [0.3, 0.4) is 0 Å². The Morgan fingerprint density at radius 3 is 2.77 bits per heavy atom. The number of rotatable bonds is 3. The van der Waals surface area contributed by atoms with Crippen molar-refractivity contribution < 1.29 is 4.74 Å². The number of nitrogens with zero attached hydrogens (tertiary/aromatic N) is 2. The Kier molecular flexibility index (Phi) is 3.27. The third-order valence-corrected chi connectivity index (χ3v) is 1.92. The number of hydrogen-bond acceptors (Lipinski definition) is 3. The number of aromatic nitrogens is 1. The van der Waals surface area contributed by atoms with Crippen molar-refractivity contribution in [2.75, 3.05) is 7.11 Å². The summed E-state index contributed by atoms with van der Waals surface area (Å²) in [5, 5.41) is 8.78. The molecule has 0 spiro atoms. The molecule has 0 saturated carbocycles. The van der Waals surface area contributed by atoms with E-state index in [1.807, 2.05) is 19.1 Å². The third-order valence-electron chi connectivity index (χ3n) is 1.92. The zero-order valence-electron chi connectivity index (χ0n) is 7.82. The van der Waals surface area contributed by atoms with Crippen molar-refractivity contribution in [3.8, 4) is 11.8 Å². The molecule has 0 radical (unpaired) electrons. The molecule has 0 aromatic carbocycles. The SMILES string of the molecule is CCC(C#N)c1ccc(OC)cn1. The van der Waals surface area contributed by atoms with Crippen LogP contribution < -0.4 is 4.74 Å². The highest BCUT2D eigenvalue weighted by Gasteiger charge is 2.08. The van der Waals surface area contributed by atoms with Gasteiger partial charge in [0, 0.05) is 0 Å². The second-order valence-corrected chi connectivity index (χ2v) is 2.71. The van der Waals surface area contributed by atoms with Crippen LogP contribution in [0.1, 0.15) is 25.0 Å². The fourth-order valence-electron chi connectivity index (χ4n) is 1.09. The Hall–Kier alpha value is -1.56. The van der Waals surface area contributed by atoms with Crippen LogP contribution in [0.25, 0.3) is 0 Å². The summed E-state index contributed by atoms with van der Waals surface area (Å²) in [4.78, 5) is 4.14. The molecule has 0 bridgehead atoms. The van der Waals surface area contributed by atoms with Gasteiger partial charge in [0.15, 0.2) is 0 Å². The second kappa shape index (κ2) is 4.46. The molecule has 68 valence electrons. The van der Waals surface area contributed by atoms with Gasteiger partial charge in [0.1, 0.15) is 5.75 Å². The normalized spacial score (nSPS) is 11.8. The Morgan fingerprint density at radius 2 is 2.38 bits per heavy atom. The van der Waals surface area contributed by atoms with Gasteiger partial charge in [-0.05, 0) is 18.6 Å². The molecule has 1 atom stereocenters. The van der Waals surface area contributed by atoms with Crippen LogP contribution in [-0.2, 0) is 0 Å². The maximum atomic E-state index is 8.78. The molecular weight excluding hydrogens is 164 g/mol. The summed E-state index contributed by atoms with van der Waals surface area (Å²) in [5.41, 5.74) is 0.811. The van der Waals surface area contributed by atoms with E-state index in [1.54, 1.807) is 13.3 Å². The van der Waals surface area contributed by atoms with Crippen molar-refractivity contribution in [2.24, 2.45) is 0 Å². The molecular formula is C10H12N2O. The number of pyridine rings is 1. The monoisotopic (exact) mass is 176 g/mol. The zero-order valence-corrected chi connectivity index (χ0v) is 7.82. The molecule has 0 aliphatic rings. The minimum Gasteiger partial charge on any atom is -0.495 e. The molecule has 1 aromatic heterocycles. The van der Waals surface area contributed by atoms with Crippen molar-refractivity contribution >= 4 is 0 Å². The first-order valence-corrected chi connectivity index (χ1v) is 4.21. The number of ether oxygens (including phenoxy) is 1. The Labute approximate surface area is 78.0 Å². The molecule has 0 amide bonds. The molecule has 1 rings (SSSR count). The molecule has 1 heterocycles. The lowest BCUT2D eigenvalue weighted by atomic mass is 10.0. The minimum absolute atomic E-state index is 0.106. The van der Waals surface area contributed by atoms with Crippen LogP contribution >= 0.6 is 0 Å². The largest absolute Gasteiger partial charge is 0.495 e. The van der Waals surface area contributed by atoms with Gasteiger partial charge in [-0.25, -0.2) is 0 Å². The van der Waals surface area contributed by atoms with Crippen LogP contribution in [0.2, 0.25) is 0 Å². The Balaban J connectivity index is 2.86. The van der Waals surface area contributed by atoms with E-state index < -0.39 is 0 Å². The summed E-state index contributed by atoms with van der Waals surface area (Å²) >= 11 is 0. The molecule has 3 nitrogen and oxygen atoms in total. The van der Waals surface area contributed by atoms with E-state index in [-0.39, 0.29) is 5.92 Å². The number of hydrogen-bond donors (Lipinski definition) is 0. The Bertz CT molecular complexity index is 300. The van der Waals surface area contributed by atoms with Crippen LogP contribution in [0.5, 0.6) is 5.75 Å². The molecule has 3 heteroatoms. The first kappa shape index (κ1) is 9.53. The van der Waals surface area contributed by atoms with Gasteiger partial charge in [0.2, 0.25) is 0 Å². The van der Waals surface area contributed by atoms with Crippen molar-refractivity contribution in [2.45, 2.75) is 19.3 Å². The molecule has 0 N–H and O–H groups in total. The van der Waals surface area contributed by atoms with Gasteiger partial charge in [-0.3, -0.25) is 4.98 Å². The molecule has 1 aromatic rings. The lowest BCUT2D eigenvalue weighted by Crippen LogP contribution is -1.97. The summed E-state index contributed by atoms with van der Waals surface area (Å²) in [6, 6.07) is 5.85. The van der Waals surface area contributed by atoms with E-state index in [0.29, 0.717) is 0 Å². The van der Waals surface area contributed by atoms with E-state index in [9.17, 15) is 0 Å². The molecule has 1 unspecified atom stereocenters. The average Bonchev–Trinajstić information content (AvgIpc) is 2.21. The average molecular weight is 176 g/mol. The van der Waals surface area contributed by atoms with Gasteiger partial charge in [-0.15, -0.1) is 0 Å². The quantitative estimate of drug-likeness (QED) is 0.708. The smallest absolute Gasteiger partial charge is 0.137 e. The van der Waals surface area contributed by atoms with Gasteiger partial charge in [-0.1, -0.05) is 6.92 Å². The second-order valence-electron chi connectivity index (χ2n) is 2.71. The highest BCUT2D eigenvalue weighted by molar-refractivity contribution is 5.24. The zero-order chi connectivity index (χ0) is 9.68. The maximum absolute atomic E-state index is 8.78. The highest BCUT2D eigenvalue weighted by Crippen LogP contribution is 2.18. The van der Waals surface area contributed by atoms with Crippen LogP contribution in [0.15, 0.2) is 18.3 Å². The Morgan fingerprint density at radius 1 is 1.62 bits per heavy atom. The van der Waals surface area contributed by atoms with Crippen molar-refractivity contribution in [3.63, 3.8) is 0 Å². The van der Waals surface area contributed by atoms with E-state index in [0.717, 1.165) is 17.9 Å². The fraction of sp³-hybridized carbons (Fsp3) is 0.400. The van der Waals surface area contributed by atoms with Gasteiger partial charge in [-0.2, -0.15) is 5.26 Å². The van der Waals surface area contributed by atoms with Gasteiger partial charge < -0.3 is 4.74 Å².